The Balaban J connectivity index is 2.45. The van der Waals surface area contributed by atoms with Crippen molar-refractivity contribution in [2.24, 2.45) is 5.92 Å². The third kappa shape index (κ3) is 5.39. The van der Waals surface area contributed by atoms with E-state index in [2.05, 4.69) is 5.32 Å². The molecule has 1 aromatic carbocycles. The van der Waals surface area contributed by atoms with Gasteiger partial charge in [-0.05, 0) is 25.0 Å². The number of aldehydes is 1. The van der Waals surface area contributed by atoms with E-state index in [1.807, 2.05) is 6.07 Å². The maximum absolute atomic E-state index is 11.8. The molecule has 128 valence electrons. The highest BCUT2D eigenvalue weighted by Gasteiger charge is 2.30. The summed E-state index contributed by atoms with van der Waals surface area (Å²) < 4.78 is 9.99. The molecule has 0 aliphatic rings. The van der Waals surface area contributed by atoms with Crippen molar-refractivity contribution >= 4 is 18.2 Å². The molecule has 0 saturated carbocycles. The molecule has 0 radical (unpaired) electrons. The van der Waals surface area contributed by atoms with Crippen molar-refractivity contribution in [3.8, 4) is 11.8 Å². The molecule has 1 amide bonds. The van der Waals surface area contributed by atoms with Crippen molar-refractivity contribution < 1.29 is 23.9 Å². The number of carbonyl (C=O) groups excluding carboxylic acids is 3. The number of nitrogens with one attached hydrogen (secondary N) is 1. The number of rotatable bonds is 8. The van der Waals surface area contributed by atoms with Crippen LogP contribution in [0.3, 0.4) is 0 Å². The van der Waals surface area contributed by atoms with Crippen LogP contribution in [-0.4, -0.2) is 36.9 Å². The van der Waals surface area contributed by atoms with Crippen LogP contribution in [0.15, 0.2) is 24.3 Å². The first-order chi connectivity index (χ1) is 11.3. The lowest BCUT2D eigenvalue weighted by Gasteiger charge is -2.27. The second kappa shape index (κ2) is 8.67. The molecule has 0 heterocycles. The summed E-state index contributed by atoms with van der Waals surface area (Å²) >= 11 is 0. The van der Waals surface area contributed by atoms with E-state index in [4.69, 9.17) is 14.7 Å². The Morgan fingerprint density at radius 3 is 2.58 bits per heavy atom. The molecule has 0 unspecified atom stereocenters. The fourth-order valence-electron chi connectivity index (χ4n) is 1.66. The van der Waals surface area contributed by atoms with Gasteiger partial charge < -0.3 is 14.8 Å². The number of amides is 1. The van der Waals surface area contributed by atoms with Gasteiger partial charge in [0.05, 0.1) is 11.6 Å². The molecule has 0 aliphatic heterocycles. The third-order valence-electron chi connectivity index (χ3n) is 3.54. The maximum atomic E-state index is 11.8. The van der Waals surface area contributed by atoms with Gasteiger partial charge in [-0.15, -0.1) is 0 Å². The zero-order valence-corrected chi connectivity index (χ0v) is 13.9. The van der Waals surface area contributed by atoms with E-state index in [9.17, 15) is 14.4 Å². The molecule has 0 bridgehead atoms. The third-order valence-corrected chi connectivity index (χ3v) is 3.54. The predicted octanol–water partition coefficient (Wildman–Crippen LogP) is 1.48. The van der Waals surface area contributed by atoms with Crippen molar-refractivity contribution in [2.45, 2.75) is 26.3 Å². The molecule has 1 aromatic rings. The van der Waals surface area contributed by atoms with Crippen LogP contribution in [0, 0.1) is 17.2 Å². The van der Waals surface area contributed by atoms with Crippen molar-refractivity contribution in [2.75, 3.05) is 13.2 Å². The normalized spacial score (nSPS) is 12.6. The van der Waals surface area contributed by atoms with Crippen molar-refractivity contribution in [3.63, 3.8) is 0 Å². The van der Waals surface area contributed by atoms with Crippen LogP contribution in [0.2, 0.25) is 0 Å². The highest BCUT2D eigenvalue weighted by atomic mass is 16.6. The Kier molecular flexibility index (Phi) is 6.93. The molecule has 0 spiro atoms. The summed E-state index contributed by atoms with van der Waals surface area (Å²) in [7, 11) is 0. The molecule has 1 atom stereocenters. The summed E-state index contributed by atoms with van der Waals surface area (Å²) in [6, 6.07) is 8.45. The second-order valence-electron chi connectivity index (χ2n) is 5.62. The van der Waals surface area contributed by atoms with Crippen molar-refractivity contribution in [3.05, 3.63) is 29.8 Å². The quantitative estimate of drug-likeness (QED) is 0.571. The van der Waals surface area contributed by atoms with Crippen LogP contribution in [0.25, 0.3) is 0 Å². The fraction of sp³-hybridized carbons (Fsp3) is 0.412. The first-order valence-corrected chi connectivity index (χ1v) is 7.37. The van der Waals surface area contributed by atoms with Crippen LogP contribution in [0.1, 0.15) is 31.1 Å². The van der Waals surface area contributed by atoms with Crippen LogP contribution in [0.5, 0.6) is 5.75 Å². The molecule has 7 nitrogen and oxygen atoms in total. The summed E-state index contributed by atoms with van der Waals surface area (Å²) in [5.74, 6) is -1.18. The second-order valence-corrected chi connectivity index (χ2v) is 5.62. The van der Waals surface area contributed by atoms with Gasteiger partial charge in [-0.2, -0.15) is 5.26 Å². The topological polar surface area (TPSA) is 105 Å². The average Bonchev–Trinajstić information content (AvgIpc) is 2.57. The van der Waals surface area contributed by atoms with Gasteiger partial charge in [0.25, 0.3) is 5.91 Å². The molecular formula is C17H20N2O5. The number of hydrogen-bond acceptors (Lipinski definition) is 6. The lowest BCUT2D eigenvalue weighted by molar-refractivity contribution is -0.150. The van der Waals surface area contributed by atoms with E-state index in [1.54, 1.807) is 45.0 Å². The first-order valence-electron chi connectivity index (χ1n) is 7.37. The highest BCUT2D eigenvalue weighted by Crippen LogP contribution is 2.16. The maximum Gasteiger partial charge on any atom is 0.344 e. The summed E-state index contributed by atoms with van der Waals surface area (Å²) in [5.41, 5.74) is -0.729. The van der Waals surface area contributed by atoms with E-state index in [-0.39, 0.29) is 11.7 Å². The van der Waals surface area contributed by atoms with Crippen molar-refractivity contribution in [1.82, 2.24) is 5.32 Å². The zero-order valence-electron chi connectivity index (χ0n) is 13.9. The van der Waals surface area contributed by atoms with Crippen LogP contribution in [-0.2, 0) is 14.3 Å². The molecule has 0 aromatic heterocycles. The standard InChI is InChI=1S/C17H20N2O5/c1-12(2)17(3,11-18)19-15(21)9-24-16(22)10-23-14-7-5-4-6-13(14)8-20/h4-8,12H,9-10H2,1-3H3,(H,19,21)/t17-/m1/s1. The van der Waals surface area contributed by atoms with Crippen LogP contribution < -0.4 is 10.1 Å². The fourth-order valence-corrected chi connectivity index (χ4v) is 1.66. The van der Waals surface area contributed by atoms with Gasteiger partial charge in [-0.3, -0.25) is 9.59 Å². The van der Waals surface area contributed by atoms with Crippen LogP contribution in [0.4, 0.5) is 0 Å². The van der Waals surface area contributed by atoms with Gasteiger partial charge in [-0.1, -0.05) is 26.0 Å². The molecule has 1 rings (SSSR count). The number of esters is 1. The average molecular weight is 332 g/mol. The molecular weight excluding hydrogens is 312 g/mol. The van der Waals surface area contributed by atoms with E-state index >= 15 is 0 Å². The van der Waals surface area contributed by atoms with E-state index in [0.29, 0.717) is 11.8 Å². The Morgan fingerprint density at radius 1 is 1.33 bits per heavy atom. The summed E-state index contributed by atoms with van der Waals surface area (Å²) in [6.45, 7) is 4.25. The minimum atomic E-state index is -1.04. The lowest BCUT2D eigenvalue weighted by Crippen LogP contribution is -2.50. The number of ether oxygens (including phenoxy) is 2. The van der Waals surface area contributed by atoms with Gasteiger partial charge >= 0.3 is 5.97 Å². The van der Waals surface area contributed by atoms with Gasteiger partial charge in [0.15, 0.2) is 19.5 Å². The van der Waals surface area contributed by atoms with Gasteiger partial charge in [0, 0.05) is 0 Å². The SMILES string of the molecule is CC(C)[C@@](C)(C#N)NC(=O)COC(=O)COc1ccccc1C=O. The molecule has 0 aliphatic carbocycles. The summed E-state index contributed by atoms with van der Waals surface area (Å²) in [6.07, 6.45) is 0.614. The predicted molar refractivity (Wildman–Crippen MR) is 85.3 cm³/mol. The Hall–Kier alpha value is -2.88. The number of para-hydroxylation sites is 1. The van der Waals surface area contributed by atoms with Crippen molar-refractivity contribution in [1.29, 1.82) is 5.26 Å². The smallest absolute Gasteiger partial charge is 0.344 e. The van der Waals surface area contributed by atoms with Gasteiger partial charge in [0.1, 0.15) is 11.3 Å². The number of carbonyl (C=O) groups is 3. The minimum absolute atomic E-state index is 0.106. The number of hydrogen-bond donors (Lipinski definition) is 1. The van der Waals surface area contributed by atoms with E-state index in [0.717, 1.165) is 0 Å². The Bertz CT molecular complexity index is 651. The number of benzene rings is 1. The Morgan fingerprint density at radius 2 is 2.00 bits per heavy atom. The minimum Gasteiger partial charge on any atom is -0.481 e. The number of nitrogens with zero attached hydrogens (tertiary/aromatic N) is 1. The zero-order chi connectivity index (χ0) is 18.2. The summed E-state index contributed by atoms with van der Waals surface area (Å²) in [5, 5.41) is 11.6. The first kappa shape index (κ1) is 19.2. The molecule has 0 fully saturated rings. The highest BCUT2D eigenvalue weighted by molar-refractivity contribution is 5.82. The molecule has 24 heavy (non-hydrogen) atoms. The van der Waals surface area contributed by atoms with E-state index < -0.39 is 30.6 Å². The van der Waals surface area contributed by atoms with Crippen LogP contribution >= 0.6 is 0 Å². The molecule has 0 saturated heterocycles. The summed E-state index contributed by atoms with van der Waals surface area (Å²) in [4.78, 5) is 34.2. The number of nitriles is 1. The molecule has 1 N–H and O–H groups in total. The molecule has 7 heteroatoms. The monoisotopic (exact) mass is 332 g/mol. The lowest BCUT2D eigenvalue weighted by atomic mass is 9.90. The Labute approximate surface area is 140 Å². The van der Waals surface area contributed by atoms with E-state index in [1.165, 1.54) is 0 Å². The largest absolute Gasteiger partial charge is 0.481 e. The van der Waals surface area contributed by atoms with Gasteiger partial charge in [0.2, 0.25) is 0 Å². The van der Waals surface area contributed by atoms with Gasteiger partial charge in [-0.25, -0.2) is 4.79 Å².